The minimum Gasteiger partial charge on any atom is -0.374 e. The second-order valence-corrected chi connectivity index (χ2v) is 4.13. The molecule has 0 saturated heterocycles. The SMILES string of the molecule is CC(NCCOCC(F)F)c1ccc(Cl)cc1. The molecule has 1 aromatic carbocycles. The Labute approximate surface area is 105 Å². The van der Waals surface area contributed by atoms with Gasteiger partial charge >= 0.3 is 0 Å². The Kier molecular flexibility index (Phi) is 6.40. The fourth-order valence-electron chi connectivity index (χ4n) is 1.39. The van der Waals surface area contributed by atoms with E-state index in [-0.39, 0.29) is 12.6 Å². The number of ether oxygens (including phenoxy) is 1. The minimum atomic E-state index is -2.40. The van der Waals surface area contributed by atoms with Crippen LogP contribution in [-0.2, 0) is 4.74 Å². The Hall–Kier alpha value is -0.710. The van der Waals surface area contributed by atoms with Crippen LogP contribution in [0.15, 0.2) is 24.3 Å². The monoisotopic (exact) mass is 263 g/mol. The highest BCUT2D eigenvalue weighted by atomic mass is 35.5. The van der Waals surface area contributed by atoms with Crippen molar-refractivity contribution in [2.45, 2.75) is 19.4 Å². The van der Waals surface area contributed by atoms with Gasteiger partial charge in [-0.15, -0.1) is 0 Å². The zero-order valence-electron chi connectivity index (χ0n) is 9.63. The molecule has 0 aliphatic carbocycles. The molecule has 1 N–H and O–H groups in total. The minimum absolute atomic E-state index is 0.141. The first-order chi connectivity index (χ1) is 8.09. The molecule has 1 rings (SSSR count). The van der Waals surface area contributed by atoms with Crippen molar-refractivity contribution < 1.29 is 13.5 Å². The molecule has 1 atom stereocenters. The van der Waals surface area contributed by atoms with E-state index in [0.717, 1.165) is 5.56 Å². The topological polar surface area (TPSA) is 21.3 Å². The van der Waals surface area contributed by atoms with Gasteiger partial charge in [0.15, 0.2) is 0 Å². The Bertz CT molecular complexity index is 319. The molecular formula is C12H16ClF2NO. The number of alkyl halides is 2. The fourth-order valence-corrected chi connectivity index (χ4v) is 1.52. The summed E-state index contributed by atoms with van der Waals surface area (Å²) in [5.74, 6) is 0. The van der Waals surface area contributed by atoms with Crippen molar-refractivity contribution in [1.29, 1.82) is 0 Å². The van der Waals surface area contributed by atoms with E-state index in [0.29, 0.717) is 11.6 Å². The lowest BCUT2D eigenvalue weighted by Crippen LogP contribution is -2.24. The molecule has 0 radical (unpaired) electrons. The zero-order valence-corrected chi connectivity index (χ0v) is 10.4. The van der Waals surface area contributed by atoms with Crippen LogP contribution in [0.4, 0.5) is 8.78 Å². The van der Waals surface area contributed by atoms with E-state index in [2.05, 4.69) is 5.32 Å². The third kappa shape index (κ3) is 5.96. The molecule has 1 aromatic rings. The predicted molar refractivity (Wildman–Crippen MR) is 64.7 cm³/mol. The van der Waals surface area contributed by atoms with Gasteiger partial charge in [-0.2, -0.15) is 0 Å². The summed E-state index contributed by atoms with van der Waals surface area (Å²) in [6, 6.07) is 7.65. The van der Waals surface area contributed by atoms with E-state index < -0.39 is 13.0 Å². The normalized spacial score (nSPS) is 13.0. The molecule has 0 aliphatic heterocycles. The van der Waals surface area contributed by atoms with Crippen LogP contribution in [0.25, 0.3) is 0 Å². The van der Waals surface area contributed by atoms with Gasteiger partial charge in [0, 0.05) is 17.6 Å². The van der Waals surface area contributed by atoms with Gasteiger partial charge in [-0.25, -0.2) is 8.78 Å². The van der Waals surface area contributed by atoms with Crippen molar-refractivity contribution >= 4 is 11.6 Å². The third-order valence-corrected chi connectivity index (χ3v) is 2.56. The van der Waals surface area contributed by atoms with E-state index in [9.17, 15) is 8.78 Å². The Balaban J connectivity index is 2.21. The largest absolute Gasteiger partial charge is 0.374 e. The van der Waals surface area contributed by atoms with Crippen molar-refractivity contribution in [1.82, 2.24) is 5.32 Å². The molecule has 0 fully saturated rings. The van der Waals surface area contributed by atoms with Crippen LogP contribution < -0.4 is 5.32 Å². The van der Waals surface area contributed by atoms with Gasteiger partial charge in [0.05, 0.1) is 6.61 Å². The van der Waals surface area contributed by atoms with E-state index in [1.54, 1.807) is 0 Å². The molecule has 0 heterocycles. The first kappa shape index (κ1) is 14.4. The second kappa shape index (κ2) is 7.58. The van der Waals surface area contributed by atoms with Crippen molar-refractivity contribution in [2.75, 3.05) is 19.8 Å². The standard InChI is InChI=1S/C12H16ClF2NO/c1-9(10-2-4-11(13)5-3-10)16-6-7-17-8-12(14)15/h2-5,9,12,16H,6-8H2,1H3. The molecule has 96 valence electrons. The number of rotatable bonds is 7. The maximum absolute atomic E-state index is 11.8. The summed E-state index contributed by atoms with van der Waals surface area (Å²) in [6.07, 6.45) is -2.40. The van der Waals surface area contributed by atoms with Gasteiger partial charge in [0.1, 0.15) is 6.61 Å². The summed E-state index contributed by atoms with van der Waals surface area (Å²) >= 11 is 5.78. The average molecular weight is 264 g/mol. The third-order valence-electron chi connectivity index (χ3n) is 2.31. The highest BCUT2D eigenvalue weighted by Crippen LogP contribution is 2.15. The van der Waals surface area contributed by atoms with Gasteiger partial charge in [-0.1, -0.05) is 23.7 Å². The molecule has 0 aliphatic rings. The van der Waals surface area contributed by atoms with Gasteiger partial charge in [0.25, 0.3) is 6.43 Å². The van der Waals surface area contributed by atoms with Crippen molar-refractivity contribution in [3.8, 4) is 0 Å². The first-order valence-corrected chi connectivity index (χ1v) is 5.82. The molecule has 2 nitrogen and oxygen atoms in total. The van der Waals surface area contributed by atoms with Crippen LogP contribution >= 0.6 is 11.6 Å². The van der Waals surface area contributed by atoms with Gasteiger partial charge in [-0.05, 0) is 24.6 Å². The fraction of sp³-hybridized carbons (Fsp3) is 0.500. The molecule has 0 amide bonds. The summed E-state index contributed by atoms with van der Waals surface area (Å²) in [6.45, 7) is 2.31. The van der Waals surface area contributed by atoms with Crippen LogP contribution in [-0.4, -0.2) is 26.2 Å². The number of nitrogens with one attached hydrogen (secondary N) is 1. The smallest absolute Gasteiger partial charge is 0.261 e. The van der Waals surface area contributed by atoms with Gasteiger partial charge < -0.3 is 10.1 Å². The lowest BCUT2D eigenvalue weighted by Gasteiger charge is -2.14. The van der Waals surface area contributed by atoms with E-state index in [1.165, 1.54) is 0 Å². The lowest BCUT2D eigenvalue weighted by atomic mass is 10.1. The molecule has 5 heteroatoms. The van der Waals surface area contributed by atoms with Gasteiger partial charge in [-0.3, -0.25) is 0 Å². The predicted octanol–water partition coefficient (Wildman–Crippen LogP) is 3.27. The van der Waals surface area contributed by atoms with Crippen LogP contribution in [0.2, 0.25) is 5.02 Å². The quantitative estimate of drug-likeness (QED) is 0.763. The maximum Gasteiger partial charge on any atom is 0.261 e. The summed E-state index contributed by atoms with van der Waals surface area (Å²) < 4.78 is 28.3. The Morgan fingerprint density at radius 2 is 1.94 bits per heavy atom. The van der Waals surface area contributed by atoms with Crippen LogP contribution in [0.1, 0.15) is 18.5 Å². The molecule has 0 saturated carbocycles. The molecule has 0 aromatic heterocycles. The van der Waals surface area contributed by atoms with E-state index >= 15 is 0 Å². The van der Waals surface area contributed by atoms with Crippen LogP contribution in [0.5, 0.6) is 0 Å². The summed E-state index contributed by atoms with van der Waals surface area (Å²) in [5, 5.41) is 3.87. The number of halogens is 3. The molecule has 0 bridgehead atoms. The van der Waals surface area contributed by atoms with E-state index in [1.807, 2.05) is 31.2 Å². The summed E-state index contributed by atoms with van der Waals surface area (Å²) in [4.78, 5) is 0. The lowest BCUT2D eigenvalue weighted by molar-refractivity contribution is 0.0183. The summed E-state index contributed by atoms with van der Waals surface area (Å²) in [5.41, 5.74) is 1.10. The van der Waals surface area contributed by atoms with Crippen LogP contribution in [0, 0.1) is 0 Å². The van der Waals surface area contributed by atoms with Crippen molar-refractivity contribution in [2.24, 2.45) is 0 Å². The van der Waals surface area contributed by atoms with Crippen LogP contribution in [0.3, 0.4) is 0 Å². The van der Waals surface area contributed by atoms with Crippen molar-refractivity contribution in [3.63, 3.8) is 0 Å². The van der Waals surface area contributed by atoms with E-state index in [4.69, 9.17) is 16.3 Å². The van der Waals surface area contributed by atoms with Crippen molar-refractivity contribution in [3.05, 3.63) is 34.9 Å². The second-order valence-electron chi connectivity index (χ2n) is 3.69. The van der Waals surface area contributed by atoms with Gasteiger partial charge in [0.2, 0.25) is 0 Å². The number of hydrogen-bond acceptors (Lipinski definition) is 2. The molecule has 17 heavy (non-hydrogen) atoms. The molecular weight excluding hydrogens is 248 g/mol. The average Bonchev–Trinajstić information content (AvgIpc) is 2.29. The first-order valence-electron chi connectivity index (χ1n) is 5.44. The summed E-state index contributed by atoms with van der Waals surface area (Å²) in [7, 11) is 0. The zero-order chi connectivity index (χ0) is 12.7. The highest BCUT2D eigenvalue weighted by molar-refractivity contribution is 6.30. The molecule has 1 unspecified atom stereocenters. The maximum atomic E-state index is 11.8. The number of hydrogen-bond donors (Lipinski definition) is 1. The number of benzene rings is 1. The Morgan fingerprint density at radius 3 is 2.53 bits per heavy atom. The molecule has 0 spiro atoms. The Morgan fingerprint density at radius 1 is 1.29 bits per heavy atom. The highest BCUT2D eigenvalue weighted by Gasteiger charge is 2.05.